The van der Waals surface area contributed by atoms with Crippen molar-refractivity contribution in [1.82, 2.24) is 4.98 Å². The van der Waals surface area contributed by atoms with Gasteiger partial charge in [0.1, 0.15) is 5.69 Å². The number of thiazole rings is 1. The zero-order chi connectivity index (χ0) is 9.26. The van der Waals surface area contributed by atoms with Gasteiger partial charge in [-0.15, -0.1) is 11.3 Å². The van der Waals surface area contributed by atoms with E-state index in [2.05, 4.69) is 9.88 Å². The molecule has 1 aliphatic heterocycles. The maximum absolute atomic E-state index is 12.2. The fourth-order valence-electron chi connectivity index (χ4n) is 1.43. The van der Waals surface area contributed by atoms with Crippen molar-refractivity contribution in [2.24, 2.45) is 0 Å². The van der Waals surface area contributed by atoms with E-state index in [1.165, 1.54) is 16.7 Å². The Bertz CT molecular complexity index is 281. The maximum atomic E-state index is 12.2. The summed E-state index contributed by atoms with van der Waals surface area (Å²) in [6.45, 7) is 1.91. The summed E-state index contributed by atoms with van der Waals surface area (Å²) in [5.41, 5.74) is -0.0908. The van der Waals surface area contributed by atoms with E-state index < -0.39 is 6.43 Å². The third-order valence-corrected chi connectivity index (χ3v) is 3.03. The number of hydrogen-bond donors (Lipinski definition) is 0. The summed E-state index contributed by atoms with van der Waals surface area (Å²) in [6, 6.07) is 0. The molecule has 0 spiro atoms. The van der Waals surface area contributed by atoms with Gasteiger partial charge in [0, 0.05) is 18.5 Å². The van der Waals surface area contributed by atoms with Crippen LogP contribution in [-0.2, 0) is 0 Å². The highest BCUT2D eigenvalue weighted by molar-refractivity contribution is 7.13. The van der Waals surface area contributed by atoms with E-state index in [-0.39, 0.29) is 5.69 Å². The summed E-state index contributed by atoms with van der Waals surface area (Å²) in [7, 11) is 0. The van der Waals surface area contributed by atoms with Gasteiger partial charge in [0.05, 0.1) is 0 Å². The highest BCUT2D eigenvalue weighted by Crippen LogP contribution is 2.28. The quantitative estimate of drug-likeness (QED) is 0.736. The van der Waals surface area contributed by atoms with Crippen molar-refractivity contribution >= 4 is 16.5 Å². The van der Waals surface area contributed by atoms with Gasteiger partial charge in [0.25, 0.3) is 6.43 Å². The molecule has 1 aromatic rings. The van der Waals surface area contributed by atoms with Gasteiger partial charge in [-0.2, -0.15) is 0 Å². The molecule has 2 rings (SSSR count). The lowest BCUT2D eigenvalue weighted by molar-refractivity contribution is 0.147. The van der Waals surface area contributed by atoms with E-state index in [1.807, 2.05) is 0 Å². The molecule has 0 amide bonds. The van der Waals surface area contributed by atoms with Crippen LogP contribution in [0, 0.1) is 0 Å². The van der Waals surface area contributed by atoms with Crippen molar-refractivity contribution in [1.29, 1.82) is 0 Å². The van der Waals surface area contributed by atoms with E-state index in [9.17, 15) is 8.78 Å². The minimum Gasteiger partial charge on any atom is -0.348 e. The van der Waals surface area contributed by atoms with E-state index in [4.69, 9.17) is 0 Å². The molecule has 1 aliphatic rings. The van der Waals surface area contributed by atoms with Gasteiger partial charge < -0.3 is 4.90 Å². The zero-order valence-corrected chi connectivity index (χ0v) is 7.86. The largest absolute Gasteiger partial charge is 0.348 e. The van der Waals surface area contributed by atoms with Crippen molar-refractivity contribution in [2.75, 3.05) is 18.0 Å². The first-order valence-corrected chi connectivity index (χ1v) is 5.14. The average Bonchev–Trinajstić information content (AvgIpc) is 2.75. The average molecular weight is 204 g/mol. The minimum absolute atomic E-state index is 0.0908. The summed E-state index contributed by atoms with van der Waals surface area (Å²) >= 11 is 1.31. The van der Waals surface area contributed by atoms with Crippen molar-refractivity contribution in [3.63, 3.8) is 0 Å². The molecule has 5 heteroatoms. The molecule has 2 nitrogen and oxygen atoms in total. The van der Waals surface area contributed by atoms with Crippen molar-refractivity contribution in [3.8, 4) is 0 Å². The maximum Gasteiger partial charge on any atom is 0.281 e. The lowest BCUT2D eigenvalue weighted by atomic mass is 10.4. The van der Waals surface area contributed by atoms with Crippen molar-refractivity contribution < 1.29 is 8.78 Å². The van der Waals surface area contributed by atoms with Gasteiger partial charge in [-0.05, 0) is 12.8 Å². The van der Waals surface area contributed by atoms with E-state index in [1.54, 1.807) is 0 Å². The zero-order valence-electron chi connectivity index (χ0n) is 7.04. The van der Waals surface area contributed by atoms with Crippen LogP contribution in [0.15, 0.2) is 5.38 Å². The first-order chi connectivity index (χ1) is 6.27. The molecule has 1 aromatic heterocycles. The Morgan fingerprint density at radius 2 is 2.08 bits per heavy atom. The number of rotatable bonds is 2. The summed E-state index contributed by atoms with van der Waals surface area (Å²) in [5.74, 6) is 0. The van der Waals surface area contributed by atoms with Crippen LogP contribution in [0.25, 0.3) is 0 Å². The van der Waals surface area contributed by atoms with Crippen LogP contribution in [0.4, 0.5) is 13.9 Å². The normalized spacial score (nSPS) is 17.3. The summed E-state index contributed by atoms with van der Waals surface area (Å²) in [6.07, 6.45) is -0.153. The Morgan fingerprint density at radius 3 is 2.62 bits per heavy atom. The van der Waals surface area contributed by atoms with Gasteiger partial charge in [-0.1, -0.05) is 0 Å². The fraction of sp³-hybridized carbons (Fsp3) is 0.625. The Labute approximate surface area is 79.2 Å². The predicted octanol–water partition coefficient (Wildman–Crippen LogP) is 2.68. The molecule has 0 aromatic carbocycles. The molecule has 0 saturated carbocycles. The second kappa shape index (κ2) is 3.57. The molecule has 1 fully saturated rings. The molecule has 1 saturated heterocycles. The Kier molecular flexibility index (Phi) is 2.44. The summed E-state index contributed by atoms with van der Waals surface area (Å²) in [4.78, 5) is 5.95. The topological polar surface area (TPSA) is 16.1 Å². The first-order valence-electron chi connectivity index (χ1n) is 4.26. The molecule has 0 aliphatic carbocycles. The third kappa shape index (κ3) is 1.80. The molecule has 0 atom stereocenters. The number of halogens is 2. The number of nitrogens with zero attached hydrogens (tertiary/aromatic N) is 2. The van der Waals surface area contributed by atoms with Gasteiger partial charge >= 0.3 is 0 Å². The molecular weight excluding hydrogens is 194 g/mol. The smallest absolute Gasteiger partial charge is 0.281 e. The molecule has 0 bridgehead atoms. The van der Waals surface area contributed by atoms with Crippen LogP contribution >= 0.6 is 11.3 Å². The van der Waals surface area contributed by atoms with E-state index >= 15 is 0 Å². The molecule has 2 heterocycles. The van der Waals surface area contributed by atoms with Crippen molar-refractivity contribution in [3.05, 3.63) is 11.1 Å². The van der Waals surface area contributed by atoms with E-state index in [0.29, 0.717) is 0 Å². The Balaban J connectivity index is 2.12. The highest BCUT2D eigenvalue weighted by Gasteiger charge is 2.18. The standard InChI is InChI=1S/C8H10F2N2S/c9-7(10)6-5-13-8(11-6)12-3-1-2-4-12/h5,7H,1-4H2. The van der Waals surface area contributed by atoms with Gasteiger partial charge in [-0.3, -0.25) is 0 Å². The molecule has 0 unspecified atom stereocenters. The molecule has 72 valence electrons. The number of aromatic nitrogens is 1. The molecular formula is C8H10F2N2S. The predicted molar refractivity (Wildman–Crippen MR) is 48.5 cm³/mol. The number of hydrogen-bond acceptors (Lipinski definition) is 3. The monoisotopic (exact) mass is 204 g/mol. The third-order valence-electron chi connectivity index (χ3n) is 2.11. The summed E-state index contributed by atoms with van der Waals surface area (Å²) in [5, 5.41) is 2.19. The van der Waals surface area contributed by atoms with Gasteiger partial charge in [0.2, 0.25) is 0 Å². The lowest BCUT2D eigenvalue weighted by Crippen LogP contribution is -2.17. The van der Waals surface area contributed by atoms with Crippen LogP contribution in [-0.4, -0.2) is 18.1 Å². The minimum atomic E-state index is -2.44. The van der Waals surface area contributed by atoms with Crippen molar-refractivity contribution in [2.45, 2.75) is 19.3 Å². The number of alkyl halides is 2. The molecule has 0 radical (unpaired) electrons. The lowest BCUT2D eigenvalue weighted by Gasteiger charge is -2.12. The second-order valence-electron chi connectivity index (χ2n) is 3.05. The molecule has 0 N–H and O–H groups in total. The van der Waals surface area contributed by atoms with Gasteiger partial charge in [0.15, 0.2) is 5.13 Å². The molecule has 13 heavy (non-hydrogen) atoms. The first kappa shape index (κ1) is 8.87. The highest BCUT2D eigenvalue weighted by atomic mass is 32.1. The summed E-state index contributed by atoms with van der Waals surface area (Å²) < 4.78 is 24.4. The van der Waals surface area contributed by atoms with E-state index in [0.717, 1.165) is 31.1 Å². The second-order valence-corrected chi connectivity index (χ2v) is 3.89. The Morgan fingerprint density at radius 1 is 1.38 bits per heavy atom. The van der Waals surface area contributed by atoms with Crippen LogP contribution in [0.5, 0.6) is 0 Å². The van der Waals surface area contributed by atoms with Crippen LogP contribution in [0.3, 0.4) is 0 Å². The van der Waals surface area contributed by atoms with Crippen LogP contribution < -0.4 is 4.90 Å². The van der Waals surface area contributed by atoms with Gasteiger partial charge in [-0.25, -0.2) is 13.8 Å². The van der Waals surface area contributed by atoms with Crippen LogP contribution in [0.1, 0.15) is 25.0 Å². The fourth-order valence-corrected chi connectivity index (χ4v) is 2.30. The Hall–Kier alpha value is -0.710. The van der Waals surface area contributed by atoms with Crippen LogP contribution in [0.2, 0.25) is 0 Å². The SMILES string of the molecule is FC(F)c1csc(N2CCCC2)n1. The number of anilines is 1.